The molecule has 2 rings (SSSR count). The van der Waals surface area contributed by atoms with Gasteiger partial charge < -0.3 is 5.32 Å². The van der Waals surface area contributed by atoms with E-state index in [1.807, 2.05) is 0 Å². The van der Waals surface area contributed by atoms with Crippen LogP contribution in [0, 0.1) is 0 Å². The second-order valence-corrected chi connectivity index (χ2v) is 4.64. The normalized spacial score (nSPS) is 17.8. The lowest BCUT2D eigenvalue weighted by Gasteiger charge is -2.30. The van der Waals surface area contributed by atoms with E-state index >= 15 is 0 Å². The fraction of sp³-hybridized carbons (Fsp3) is 0.417. The summed E-state index contributed by atoms with van der Waals surface area (Å²) in [5.41, 5.74) is 2.83. The van der Waals surface area contributed by atoms with Crippen LogP contribution in [-0.4, -0.2) is 17.8 Å². The van der Waals surface area contributed by atoms with Gasteiger partial charge in [0, 0.05) is 24.2 Å². The molecule has 15 heavy (non-hydrogen) atoms. The van der Waals surface area contributed by atoms with Gasteiger partial charge in [-0.2, -0.15) is 0 Å². The molecule has 1 aromatic carbocycles. The molecule has 0 saturated carbocycles. The topological polar surface area (TPSA) is 29.1 Å². The Bertz CT molecular complexity index is 364. The third-order valence-corrected chi connectivity index (χ3v) is 3.22. The summed E-state index contributed by atoms with van der Waals surface area (Å²) in [6, 6.07) is 8.44. The Balaban J connectivity index is 1.82. The molecule has 0 fully saturated rings. The molecule has 3 heteroatoms. The van der Waals surface area contributed by atoms with Gasteiger partial charge in [-0.15, -0.1) is 0 Å². The molecule has 0 aromatic heterocycles. The summed E-state index contributed by atoms with van der Waals surface area (Å²) in [6.07, 6.45) is 1.67. The zero-order valence-electron chi connectivity index (χ0n) is 8.50. The lowest BCUT2D eigenvalue weighted by molar-refractivity contribution is -0.120. The maximum atomic E-state index is 11.3. The molecule has 0 heterocycles. The lowest BCUT2D eigenvalue weighted by atomic mass is 9.77. The summed E-state index contributed by atoms with van der Waals surface area (Å²) < 4.78 is 0. The minimum atomic E-state index is 0.135. The Morgan fingerprint density at radius 3 is 3.00 bits per heavy atom. The average Bonchev–Trinajstić information content (AvgIpc) is 2.20. The van der Waals surface area contributed by atoms with Crippen LogP contribution in [0.2, 0.25) is 0 Å². The molecule has 0 aliphatic heterocycles. The van der Waals surface area contributed by atoms with Gasteiger partial charge in [-0.3, -0.25) is 4.79 Å². The van der Waals surface area contributed by atoms with Crippen molar-refractivity contribution in [3.05, 3.63) is 35.4 Å². The maximum Gasteiger partial charge on any atom is 0.220 e. The number of benzene rings is 1. The third kappa shape index (κ3) is 2.40. The first-order chi connectivity index (χ1) is 7.31. The van der Waals surface area contributed by atoms with Gasteiger partial charge in [0.15, 0.2) is 0 Å². The van der Waals surface area contributed by atoms with Crippen molar-refractivity contribution >= 4 is 21.8 Å². The molecule has 1 aliphatic rings. The molecule has 1 aromatic rings. The summed E-state index contributed by atoms with van der Waals surface area (Å²) in [7, 11) is 0. The number of hydrogen-bond acceptors (Lipinski definition) is 1. The number of fused-ring (bicyclic) bond motifs is 1. The van der Waals surface area contributed by atoms with E-state index in [0.29, 0.717) is 12.3 Å². The van der Waals surface area contributed by atoms with Crippen molar-refractivity contribution in [1.82, 2.24) is 5.32 Å². The molecule has 80 valence electrons. The van der Waals surface area contributed by atoms with Crippen LogP contribution in [0.25, 0.3) is 0 Å². The molecule has 0 spiro atoms. The molecular formula is C12H14BrNO. The van der Waals surface area contributed by atoms with Crippen LogP contribution in [-0.2, 0) is 11.2 Å². The Morgan fingerprint density at radius 2 is 2.27 bits per heavy atom. The van der Waals surface area contributed by atoms with E-state index < -0.39 is 0 Å². The fourth-order valence-electron chi connectivity index (χ4n) is 1.96. The van der Waals surface area contributed by atoms with Crippen molar-refractivity contribution in [1.29, 1.82) is 0 Å². The highest BCUT2D eigenvalue weighted by Crippen LogP contribution is 2.33. The Morgan fingerprint density at radius 1 is 1.47 bits per heavy atom. The highest BCUT2D eigenvalue weighted by molar-refractivity contribution is 9.09. The van der Waals surface area contributed by atoms with Crippen molar-refractivity contribution in [2.45, 2.75) is 18.8 Å². The van der Waals surface area contributed by atoms with Gasteiger partial charge in [0.05, 0.1) is 0 Å². The van der Waals surface area contributed by atoms with Crippen molar-refractivity contribution in [2.75, 3.05) is 11.9 Å². The summed E-state index contributed by atoms with van der Waals surface area (Å²) in [4.78, 5) is 11.3. The van der Waals surface area contributed by atoms with Crippen molar-refractivity contribution in [3.63, 3.8) is 0 Å². The van der Waals surface area contributed by atoms with Gasteiger partial charge in [-0.05, 0) is 17.5 Å². The van der Waals surface area contributed by atoms with Crippen molar-refractivity contribution < 1.29 is 4.79 Å². The summed E-state index contributed by atoms with van der Waals surface area (Å²) in [5.74, 6) is 0.664. The minimum absolute atomic E-state index is 0.135. The maximum absolute atomic E-state index is 11.3. The van der Waals surface area contributed by atoms with Gasteiger partial charge in [0.25, 0.3) is 0 Å². The van der Waals surface area contributed by atoms with E-state index in [1.165, 1.54) is 11.1 Å². The number of alkyl halides is 1. The van der Waals surface area contributed by atoms with E-state index in [9.17, 15) is 4.79 Å². The van der Waals surface area contributed by atoms with Gasteiger partial charge in [0.2, 0.25) is 5.91 Å². The van der Waals surface area contributed by atoms with E-state index in [0.717, 1.165) is 18.3 Å². The zero-order chi connectivity index (χ0) is 10.7. The van der Waals surface area contributed by atoms with Crippen LogP contribution in [0.1, 0.15) is 23.5 Å². The average molecular weight is 268 g/mol. The van der Waals surface area contributed by atoms with Crippen LogP contribution >= 0.6 is 15.9 Å². The van der Waals surface area contributed by atoms with Crippen molar-refractivity contribution in [2.24, 2.45) is 0 Å². The predicted octanol–water partition coefficient (Wildman–Crippen LogP) is 2.23. The number of rotatable bonds is 4. The van der Waals surface area contributed by atoms with Gasteiger partial charge in [-0.25, -0.2) is 0 Å². The van der Waals surface area contributed by atoms with Crippen molar-refractivity contribution in [3.8, 4) is 0 Å². The van der Waals surface area contributed by atoms with E-state index in [1.54, 1.807) is 0 Å². The largest absolute Gasteiger partial charge is 0.355 e. The Labute approximate surface area is 98.2 Å². The third-order valence-electron chi connectivity index (χ3n) is 2.83. The second-order valence-electron chi connectivity index (χ2n) is 3.84. The molecule has 0 bridgehead atoms. The second kappa shape index (κ2) is 4.79. The van der Waals surface area contributed by atoms with Crippen LogP contribution in [0.4, 0.5) is 0 Å². The van der Waals surface area contributed by atoms with Gasteiger partial charge in [-0.1, -0.05) is 40.2 Å². The predicted molar refractivity (Wildman–Crippen MR) is 64.3 cm³/mol. The van der Waals surface area contributed by atoms with E-state index in [4.69, 9.17) is 0 Å². The first-order valence-electron chi connectivity index (χ1n) is 5.21. The van der Waals surface area contributed by atoms with E-state index in [2.05, 4.69) is 45.5 Å². The molecule has 1 amide bonds. The molecule has 2 nitrogen and oxygen atoms in total. The monoisotopic (exact) mass is 267 g/mol. The molecule has 1 atom stereocenters. The number of carbonyl (C=O) groups is 1. The van der Waals surface area contributed by atoms with Gasteiger partial charge in [0.1, 0.15) is 0 Å². The number of amides is 1. The molecular weight excluding hydrogens is 254 g/mol. The van der Waals surface area contributed by atoms with Crippen LogP contribution in [0.15, 0.2) is 24.3 Å². The highest BCUT2D eigenvalue weighted by atomic mass is 79.9. The number of hydrogen-bond donors (Lipinski definition) is 1. The van der Waals surface area contributed by atoms with Gasteiger partial charge >= 0.3 is 0 Å². The van der Waals surface area contributed by atoms with Crippen LogP contribution < -0.4 is 5.32 Å². The quantitative estimate of drug-likeness (QED) is 0.833. The van der Waals surface area contributed by atoms with E-state index in [-0.39, 0.29) is 5.91 Å². The number of carbonyl (C=O) groups excluding carboxylic acids is 1. The van der Waals surface area contributed by atoms with Crippen LogP contribution in [0.5, 0.6) is 0 Å². The number of nitrogens with one attached hydrogen (secondary N) is 1. The highest BCUT2D eigenvalue weighted by Gasteiger charge is 2.25. The molecule has 1 unspecified atom stereocenters. The van der Waals surface area contributed by atoms with Crippen LogP contribution in [0.3, 0.4) is 0 Å². The summed E-state index contributed by atoms with van der Waals surface area (Å²) >= 11 is 3.25. The molecule has 0 radical (unpaired) electrons. The first kappa shape index (κ1) is 10.7. The molecule has 1 aliphatic carbocycles. The smallest absolute Gasteiger partial charge is 0.220 e. The summed E-state index contributed by atoms with van der Waals surface area (Å²) in [5, 5.41) is 3.69. The Kier molecular flexibility index (Phi) is 3.41. The Hall–Kier alpha value is -0.830. The standard InChI is InChI=1S/C12H14BrNO/c13-6-5-12(15)14-8-10-7-9-3-1-2-4-11(9)10/h1-4,10H,5-8H2,(H,14,15). The first-order valence-corrected chi connectivity index (χ1v) is 6.34. The minimum Gasteiger partial charge on any atom is -0.355 e. The fourth-order valence-corrected chi connectivity index (χ4v) is 2.32. The SMILES string of the molecule is O=C(CCBr)NCC1Cc2ccccc21. The summed E-state index contributed by atoms with van der Waals surface area (Å²) in [6.45, 7) is 0.781. The lowest BCUT2D eigenvalue weighted by Crippen LogP contribution is -2.33. The molecule has 0 saturated heterocycles. The molecule has 1 N–H and O–H groups in total. The number of halogens is 1. The zero-order valence-corrected chi connectivity index (χ0v) is 10.1.